The van der Waals surface area contributed by atoms with Crippen LogP contribution < -0.4 is 4.74 Å². The van der Waals surface area contributed by atoms with Crippen LogP contribution in [0.3, 0.4) is 0 Å². The van der Waals surface area contributed by atoms with Crippen molar-refractivity contribution in [1.29, 1.82) is 0 Å². The summed E-state index contributed by atoms with van der Waals surface area (Å²) in [5.74, 6) is 0.645. The minimum Gasteiger partial charge on any atom is -0.507 e. The van der Waals surface area contributed by atoms with E-state index in [1.807, 2.05) is 31.2 Å². The zero-order chi connectivity index (χ0) is 24.9. The number of halogens is 1. The molecule has 1 aliphatic heterocycles. The van der Waals surface area contributed by atoms with E-state index in [0.717, 1.165) is 29.7 Å². The fourth-order valence-corrected chi connectivity index (χ4v) is 4.71. The van der Waals surface area contributed by atoms with Gasteiger partial charge in [-0.05, 0) is 55.2 Å². The van der Waals surface area contributed by atoms with Crippen LogP contribution in [0.25, 0.3) is 11.3 Å². The second-order valence-corrected chi connectivity index (χ2v) is 9.34. The van der Waals surface area contributed by atoms with Gasteiger partial charge in [-0.25, -0.2) is 0 Å². The maximum absolute atomic E-state index is 13.3. The number of hydrogen-bond acceptors (Lipinski definition) is 5. The van der Waals surface area contributed by atoms with E-state index in [0.29, 0.717) is 47.1 Å². The van der Waals surface area contributed by atoms with E-state index in [1.54, 1.807) is 17.0 Å². The number of amides is 1. The lowest BCUT2D eigenvalue weighted by Crippen LogP contribution is -2.31. The van der Waals surface area contributed by atoms with Crippen LogP contribution in [0.4, 0.5) is 0 Å². The van der Waals surface area contributed by atoms with Gasteiger partial charge in [0.1, 0.15) is 22.9 Å². The fraction of sp³-hybridized carbons (Fsp3) is 0.407. The minimum absolute atomic E-state index is 0.0191. The third-order valence-corrected chi connectivity index (χ3v) is 6.82. The molecule has 0 bridgehead atoms. The van der Waals surface area contributed by atoms with Crippen LogP contribution >= 0.6 is 11.6 Å². The summed E-state index contributed by atoms with van der Waals surface area (Å²) in [5.41, 5.74) is 3.68. The van der Waals surface area contributed by atoms with Crippen molar-refractivity contribution >= 4 is 17.5 Å². The number of aromatic hydroxyl groups is 1. The first-order chi connectivity index (χ1) is 17.0. The lowest BCUT2D eigenvalue weighted by atomic mass is 9.95. The lowest BCUT2D eigenvalue weighted by molar-refractivity contribution is 0.0732. The number of aliphatic hydroxyl groups is 1. The van der Waals surface area contributed by atoms with E-state index in [4.69, 9.17) is 16.3 Å². The second-order valence-electron chi connectivity index (χ2n) is 8.94. The molecule has 0 aliphatic carbocycles. The largest absolute Gasteiger partial charge is 0.507 e. The smallest absolute Gasteiger partial charge is 0.273 e. The molecule has 1 amide bonds. The summed E-state index contributed by atoms with van der Waals surface area (Å²) in [4.78, 5) is 15.0. The summed E-state index contributed by atoms with van der Waals surface area (Å²) in [6.07, 6.45) is 5.02. The van der Waals surface area contributed by atoms with Gasteiger partial charge in [0.05, 0.1) is 12.6 Å². The number of nitrogens with one attached hydrogen (secondary N) is 1. The molecule has 35 heavy (non-hydrogen) atoms. The number of aryl methyl sites for hydroxylation is 1. The molecule has 3 N–H and O–H groups in total. The van der Waals surface area contributed by atoms with Crippen LogP contribution in [-0.4, -0.2) is 51.0 Å². The number of H-pyrrole nitrogens is 1. The molecule has 0 saturated heterocycles. The number of fused-ring (bicyclic) bond motifs is 1. The first-order valence-corrected chi connectivity index (χ1v) is 12.6. The first-order valence-electron chi connectivity index (χ1n) is 12.2. The van der Waals surface area contributed by atoms with Crippen LogP contribution in [0.15, 0.2) is 36.4 Å². The minimum atomic E-state index is -0.420. The first kappa shape index (κ1) is 25.1. The second kappa shape index (κ2) is 11.1. The molecule has 3 aromatic rings. The molecule has 2 aromatic carbocycles. The standard InChI is InChI=1S/C27H32ClN3O4/c1-3-4-5-6-14-35-19-10-8-18(9-11-19)26-23-24(20-16-21(28)17(2)15-22(20)33)29-30-25(23)27(34)31(26)12-7-13-32/h8-11,15-16,26,32-33H,3-7,12-14H2,1-2H3,(H,29,30). The molecular formula is C27H32ClN3O4. The predicted molar refractivity (Wildman–Crippen MR) is 136 cm³/mol. The van der Waals surface area contributed by atoms with Crippen LogP contribution in [0.2, 0.25) is 5.02 Å². The van der Waals surface area contributed by atoms with Crippen molar-refractivity contribution in [3.8, 4) is 22.8 Å². The van der Waals surface area contributed by atoms with Gasteiger partial charge in [-0.2, -0.15) is 5.10 Å². The van der Waals surface area contributed by atoms with Crippen molar-refractivity contribution < 1.29 is 19.7 Å². The Morgan fingerprint density at radius 3 is 2.63 bits per heavy atom. The molecular weight excluding hydrogens is 466 g/mol. The van der Waals surface area contributed by atoms with E-state index in [-0.39, 0.29) is 18.3 Å². The SMILES string of the molecule is CCCCCCOc1ccc(C2c3c(-c4cc(Cl)c(C)cc4O)n[nH]c3C(=O)N2CCCO)cc1. The van der Waals surface area contributed by atoms with E-state index < -0.39 is 6.04 Å². The molecule has 1 aromatic heterocycles. The highest BCUT2D eigenvalue weighted by Gasteiger charge is 2.42. The topological polar surface area (TPSA) is 98.7 Å². The third-order valence-electron chi connectivity index (χ3n) is 6.42. The van der Waals surface area contributed by atoms with Crippen LogP contribution in [0.5, 0.6) is 11.5 Å². The summed E-state index contributed by atoms with van der Waals surface area (Å²) >= 11 is 6.35. The third kappa shape index (κ3) is 5.16. The highest BCUT2D eigenvalue weighted by atomic mass is 35.5. The average molecular weight is 498 g/mol. The molecule has 7 nitrogen and oxygen atoms in total. The summed E-state index contributed by atoms with van der Waals surface area (Å²) < 4.78 is 5.89. The number of benzene rings is 2. The van der Waals surface area contributed by atoms with Gasteiger partial charge < -0.3 is 19.8 Å². The van der Waals surface area contributed by atoms with Gasteiger partial charge in [-0.3, -0.25) is 9.89 Å². The van der Waals surface area contributed by atoms with Crippen LogP contribution in [-0.2, 0) is 0 Å². The normalized spacial score (nSPS) is 15.0. The molecule has 0 fully saturated rings. The number of ether oxygens (including phenoxy) is 1. The summed E-state index contributed by atoms with van der Waals surface area (Å²) in [7, 11) is 0. The Labute approximate surface area is 210 Å². The molecule has 2 heterocycles. The molecule has 0 spiro atoms. The molecule has 8 heteroatoms. The maximum atomic E-state index is 13.3. The number of aromatic nitrogens is 2. The number of hydrogen-bond donors (Lipinski definition) is 3. The zero-order valence-corrected chi connectivity index (χ0v) is 20.9. The average Bonchev–Trinajstić information content (AvgIpc) is 3.39. The van der Waals surface area contributed by atoms with Gasteiger partial charge in [0.25, 0.3) is 5.91 Å². The molecule has 0 radical (unpaired) electrons. The number of aliphatic hydroxyl groups excluding tert-OH is 1. The van der Waals surface area contributed by atoms with E-state index in [9.17, 15) is 15.0 Å². The number of carbonyl (C=O) groups excluding carboxylic acids is 1. The maximum Gasteiger partial charge on any atom is 0.273 e. The van der Waals surface area contributed by atoms with Crippen molar-refractivity contribution in [2.75, 3.05) is 19.8 Å². The van der Waals surface area contributed by atoms with Gasteiger partial charge in [0, 0.05) is 29.3 Å². The number of aromatic amines is 1. The number of nitrogens with zero attached hydrogens (tertiary/aromatic N) is 2. The predicted octanol–water partition coefficient (Wildman–Crippen LogP) is 5.63. The van der Waals surface area contributed by atoms with Crippen molar-refractivity contribution in [2.45, 2.75) is 52.0 Å². The monoisotopic (exact) mass is 497 g/mol. The Balaban J connectivity index is 1.68. The summed E-state index contributed by atoms with van der Waals surface area (Å²) in [5, 5.41) is 27.9. The Morgan fingerprint density at radius 2 is 1.91 bits per heavy atom. The lowest BCUT2D eigenvalue weighted by Gasteiger charge is -2.26. The van der Waals surface area contributed by atoms with Crippen LogP contribution in [0, 0.1) is 6.92 Å². The zero-order valence-electron chi connectivity index (χ0n) is 20.2. The molecule has 1 aliphatic rings. The van der Waals surface area contributed by atoms with Crippen molar-refractivity contribution in [3.05, 3.63) is 63.8 Å². The Kier molecular flexibility index (Phi) is 7.98. The fourth-order valence-electron chi connectivity index (χ4n) is 4.54. The number of phenols is 1. The highest BCUT2D eigenvalue weighted by Crippen LogP contribution is 2.45. The molecule has 186 valence electrons. The van der Waals surface area contributed by atoms with Gasteiger partial charge in [0.2, 0.25) is 0 Å². The van der Waals surface area contributed by atoms with E-state index in [2.05, 4.69) is 17.1 Å². The van der Waals surface area contributed by atoms with Crippen molar-refractivity contribution in [2.24, 2.45) is 0 Å². The Morgan fingerprint density at radius 1 is 1.14 bits per heavy atom. The Bertz CT molecular complexity index is 1180. The number of carbonyl (C=O) groups is 1. The van der Waals surface area contributed by atoms with Crippen molar-refractivity contribution in [1.82, 2.24) is 15.1 Å². The quantitative estimate of drug-likeness (QED) is 0.298. The summed E-state index contributed by atoms with van der Waals surface area (Å²) in [6, 6.07) is 10.6. The Hall–Kier alpha value is -3.03. The van der Waals surface area contributed by atoms with E-state index in [1.165, 1.54) is 12.8 Å². The number of rotatable bonds is 11. The molecule has 0 saturated carbocycles. The van der Waals surface area contributed by atoms with E-state index >= 15 is 0 Å². The van der Waals surface area contributed by atoms with Gasteiger partial charge in [0.15, 0.2) is 0 Å². The number of phenolic OH excluding ortho intramolecular Hbond substituents is 1. The van der Waals surface area contributed by atoms with Gasteiger partial charge in [-0.1, -0.05) is 49.9 Å². The highest BCUT2D eigenvalue weighted by molar-refractivity contribution is 6.31. The molecule has 1 atom stereocenters. The summed E-state index contributed by atoms with van der Waals surface area (Å²) in [6.45, 7) is 5.04. The van der Waals surface area contributed by atoms with Crippen LogP contribution in [0.1, 0.15) is 72.2 Å². The number of unbranched alkanes of at least 4 members (excludes halogenated alkanes) is 3. The van der Waals surface area contributed by atoms with Crippen molar-refractivity contribution in [3.63, 3.8) is 0 Å². The molecule has 1 unspecified atom stereocenters. The molecule has 4 rings (SSSR count). The van der Waals surface area contributed by atoms with Gasteiger partial charge in [-0.15, -0.1) is 0 Å². The van der Waals surface area contributed by atoms with Gasteiger partial charge >= 0.3 is 0 Å².